The Morgan fingerprint density at radius 2 is 2.14 bits per heavy atom. The number of hydrogen-bond donors (Lipinski definition) is 1. The summed E-state index contributed by atoms with van der Waals surface area (Å²) in [5.74, 6) is 0.475. The van der Waals surface area contributed by atoms with Crippen LogP contribution in [0.3, 0.4) is 0 Å². The van der Waals surface area contributed by atoms with Crippen LogP contribution in [0.1, 0.15) is 6.42 Å². The zero-order valence-electron chi connectivity index (χ0n) is 11.3. The molecule has 0 unspecified atom stereocenters. The zero-order chi connectivity index (χ0) is 15.1. The van der Waals surface area contributed by atoms with Crippen molar-refractivity contribution in [3.05, 3.63) is 46.2 Å². The first kappa shape index (κ1) is 15.9. The van der Waals surface area contributed by atoms with Crippen molar-refractivity contribution < 1.29 is 9.53 Å². The average Bonchev–Trinajstić information content (AvgIpc) is 2.89. The number of amides is 1. The molecule has 0 bridgehead atoms. The number of nitrogens with one attached hydrogen (secondary N) is 1. The number of carbonyl (C=O) groups is 1. The topological polar surface area (TPSA) is 56.1 Å². The Bertz CT molecular complexity index is 586. The van der Waals surface area contributed by atoms with Crippen LogP contribution < -0.4 is 10.1 Å². The van der Waals surface area contributed by atoms with Crippen LogP contribution in [0.15, 0.2) is 41.1 Å². The molecule has 2 rings (SSSR count). The maximum atomic E-state index is 11.6. The number of rotatable bonds is 7. The third-order valence-electron chi connectivity index (χ3n) is 2.67. The molecule has 1 aromatic heterocycles. The summed E-state index contributed by atoms with van der Waals surface area (Å²) in [7, 11) is 0. The quantitative estimate of drug-likeness (QED) is 0.760. The van der Waals surface area contributed by atoms with E-state index < -0.39 is 0 Å². The lowest BCUT2D eigenvalue weighted by Gasteiger charge is -2.07. The number of hydrogen-bond acceptors (Lipinski definition) is 3. The molecule has 1 aromatic carbocycles. The van der Waals surface area contributed by atoms with Crippen LogP contribution in [0, 0.1) is 0 Å². The molecule has 0 aliphatic carbocycles. The summed E-state index contributed by atoms with van der Waals surface area (Å²) in [5, 5.41) is 7.57. The highest BCUT2D eigenvalue weighted by Crippen LogP contribution is 2.15. The van der Waals surface area contributed by atoms with Gasteiger partial charge in [0, 0.05) is 24.3 Å². The lowest BCUT2D eigenvalue weighted by molar-refractivity contribution is -0.123. The fourth-order valence-electron chi connectivity index (χ4n) is 1.66. The Balaban J connectivity index is 1.60. The molecule has 0 saturated carbocycles. The zero-order valence-corrected chi connectivity index (χ0v) is 13.6. The Kier molecular flexibility index (Phi) is 6.07. The summed E-state index contributed by atoms with van der Waals surface area (Å²) in [6.45, 7) is 1.33. The number of carbonyl (C=O) groups excluding carboxylic acids is 1. The van der Waals surface area contributed by atoms with Crippen LogP contribution in [0.2, 0.25) is 5.02 Å². The van der Waals surface area contributed by atoms with Gasteiger partial charge in [-0.3, -0.25) is 9.48 Å². The molecule has 21 heavy (non-hydrogen) atoms. The maximum Gasteiger partial charge on any atom is 0.257 e. The van der Waals surface area contributed by atoms with E-state index in [4.69, 9.17) is 16.3 Å². The van der Waals surface area contributed by atoms with Crippen LogP contribution in [0.4, 0.5) is 0 Å². The molecule has 0 aliphatic rings. The summed E-state index contributed by atoms with van der Waals surface area (Å²) in [6, 6.07) is 6.89. The first-order chi connectivity index (χ1) is 10.1. The molecule has 0 fully saturated rings. The first-order valence-electron chi connectivity index (χ1n) is 6.46. The maximum absolute atomic E-state index is 11.6. The van der Waals surface area contributed by atoms with Crippen molar-refractivity contribution in [2.24, 2.45) is 0 Å². The molecule has 1 heterocycles. The van der Waals surface area contributed by atoms with Gasteiger partial charge in [-0.05, 0) is 46.6 Å². The van der Waals surface area contributed by atoms with E-state index in [1.54, 1.807) is 30.5 Å². The van der Waals surface area contributed by atoms with Crippen molar-refractivity contribution in [2.75, 3.05) is 13.2 Å². The molecule has 0 spiro atoms. The third-order valence-corrected chi connectivity index (χ3v) is 3.33. The van der Waals surface area contributed by atoms with Gasteiger partial charge in [0.2, 0.25) is 0 Å². The highest BCUT2D eigenvalue weighted by Gasteiger charge is 2.02. The van der Waals surface area contributed by atoms with Crippen molar-refractivity contribution in [1.82, 2.24) is 15.1 Å². The Hall–Kier alpha value is -1.53. The average molecular weight is 373 g/mol. The van der Waals surface area contributed by atoms with Gasteiger partial charge in [0.05, 0.1) is 10.7 Å². The summed E-state index contributed by atoms with van der Waals surface area (Å²) >= 11 is 9.10. The number of aryl methyl sites for hydroxylation is 1. The summed E-state index contributed by atoms with van der Waals surface area (Å²) < 4.78 is 8.11. The first-order valence-corrected chi connectivity index (χ1v) is 7.63. The van der Waals surface area contributed by atoms with E-state index in [0.717, 1.165) is 17.4 Å². The third kappa shape index (κ3) is 5.77. The van der Waals surface area contributed by atoms with Gasteiger partial charge in [0.15, 0.2) is 6.61 Å². The van der Waals surface area contributed by atoms with Gasteiger partial charge >= 0.3 is 0 Å². The van der Waals surface area contributed by atoms with Crippen molar-refractivity contribution >= 4 is 33.4 Å². The molecule has 7 heteroatoms. The molecule has 1 amide bonds. The SMILES string of the molecule is O=C(COc1ccc(Cl)cc1)NCCCn1cc(Br)cn1. The predicted molar refractivity (Wildman–Crippen MR) is 84.5 cm³/mol. The van der Waals surface area contributed by atoms with Crippen LogP contribution in [0.25, 0.3) is 0 Å². The second-order valence-electron chi connectivity index (χ2n) is 4.37. The number of benzene rings is 1. The van der Waals surface area contributed by atoms with E-state index in [1.165, 1.54) is 0 Å². The minimum absolute atomic E-state index is 0.00501. The number of aromatic nitrogens is 2. The number of nitrogens with zero attached hydrogens (tertiary/aromatic N) is 2. The van der Waals surface area contributed by atoms with Gasteiger partial charge in [0.25, 0.3) is 5.91 Å². The summed E-state index contributed by atoms with van der Waals surface area (Å²) in [4.78, 5) is 11.6. The van der Waals surface area contributed by atoms with Crippen molar-refractivity contribution in [3.8, 4) is 5.75 Å². The molecule has 1 N–H and O–H groups in total. The lowest BCUT2D eigenvalue weighted by atomic mass is 10.3. The van der Waals surface area contributed by atoms with Crippen LogP contribution in [-0.4, -0.2) is 28.8 Å². The molecule has 0 atom stereocenters. The van der Waals surface area contributed by atoms with Crippen LogP contribution in [-0.2, 0) is 11.3 Å². The highest BCUT2D eigenvalue weighted by molar-refractivity contribution is 9.10. The molecule has 2 aromatic rings. The van der Waals surface area contributed by atoms with Gasteiger partial charge in [-0.1, -0.05) is 11.6 Å². The monoisotopic (exact) mass is 371 g/mol. The van der Waals surface area contributed by atoms with E-state index in [1.807, 2.05) is 10.9 Å². The van der Waals surface area contributed by atoms with E-state index in [9.17, 15) is 4.79 Å². The van der Waals surface area contributed by atoms with E-state index in [-0.39, 0.29) is 12.5 Å². The van der Waals surface area contributed by atoms with Crippen LogP contribution >= 0.6 is 27.5 Å². The Labute approximate surface area is 136 Å². The van der Waals surface area contributed by atoms with Gasteiger partial charge in [-0.25, -0.2) is 0 Å². The number of ether oxygens (including phenoxy) is 1. The van der Waals surface area contributed by atoms with Gasteiger partial charge < -0.3 is 10.1 Å². The lowest BCUT2D eigenvalue weighted by Crippen LogP contribution is -2.30. The molecule has 0 radical (unpaired) electrons. The molecule has 0 saturated heterocycles. The second kappa shape index (κ2) is 8.05. The second-order valence-corrected chi connectivity index (χ2v) is 5.72. The van der Waals surface area contributed by atoms with Gasteiger partial charge in [0.1, 0.15) is 5.75 Å². The molecular formula is C14H15BrClN3O2. The predicted octanol–water partition coefficient (Wildman–Crippen LogP) is 2.88. The van der Waals surface area contributed by atoms with Gasteiger partial charge in [-0.2, -0.15) is 5.10 Å². The van der Waals surface area contributed by atoms with Crippen molar-refractivity contribution in [2.45, 2.75) is 13.0 Å². The summed E-state index contributed by atoms with van der Waals surface area (Å²) in [5.41, 5.74) is 0. The van der Waals surface area contributed by atoms with E-state index >= 15 is 0 Å². The standard InChI is InChI=1S/C14H15BrClN3O2/c15-11-8-18-19(9-11)7-1-6-17-14(20)10-21-13-4-2-12(16)3-5-13/h2-5,8-9H,1,6-7,10H2,(H,17,20). The van der Waals surface area contributed by atoms with E-state index in [2.05, 4.69) is 26.3 Å². The fraction of sp³-hybridized carbons (Fsp3) is 0.286. The van der Waals surface area contributed by atoms with Crippen LogP contribution in [0.5, 0.6) is 5.75 Å². The van der Waals surface area contributed by atoms with Crippen molar-refractivity contribution in [3.63, 3.8) is 0 Å². The minimum Gasteiger partial charge on any atom is -0.484 e. The molecular weight excluding hydrogens is 358 g/mol. The summed E-state index contributed by atoms with van der Waals surface area (Å²) in [6.07, 6.45) is 4.44. The van der Waals surface area contributed by atoms with Gasteiger partial charge in [-0.15, -0.1) is 0 Å². The van der Waals surface area contributed by atoms with E-state index in [0.29, 0.717) is 17.3 Å². The highest BCUT2D eigenvalue weighted by atomic mass is 79.9. The molecule has 5 nitrogen and oxygen atoms in total. The Morgan fingerprint density at radius 3 is 2.81 bits per heavy atom. The Morgan fingerprint density at radius 1 is 1.38 bits per heavy atom. The van der Waals surface area contributed by atoms with Crippen molar-refractivity contribution in [1.29, 1.82) is 0 Å². The minimum atomic E-state index is -0.147. The smallest absolute Gasteiger partial charge is 0.257 e. The normalized spacial score (nSPS) is 10.4. The number of halogens is 2. The largest absolute Gasteiger partial charge is 0.484 e. The molecule has 0 aliphatic heterocycles. The molecule has 112 valence electrons. The fourth-order valence-corrected chi connectivity index (χ4v) is 2.11.